The molecule has 0 aliphatic carbocycles. The predicted molar refractivity (Wildman–Crippen MR) is 52.7 cm³/mol. The number of rotatable bonds is 3. The maximum atomic E-state index is 9.49. The lowest BCUT2D eigenvalue weighted by Gasteiger charge is -2.16. The number of aromatic hydroxyl groups is 1. The molecule has 1 rings (SSSR count). The van der Waals surface area contributed by atoms with Gasteiger partial charge in [-0.2, -0.15) is 0 Å². The van der Waals surface area contributed by atoms with Gasteiger partial charge in [-0.15, -0.1) is 0 Å². The Hall–Kier alpha value is -1.02. The van der Waals surface area contributed by atoms with E-state index in [1.54, 1.807) is 26.0 Å². The van der Waals surface area contributed by atoms with Crippen molar-refractivity contribution < 1.29 is 10.2 Å². The van der Waals surface area contributed by atoms with Crippen molar-refractivity contribution in [2.24, 2.45) is 0 Å². The quantitative estimate of drug-likeness (QED) is 0.747. The topological polar surface area (TPSA) is 40.5 Å². The third-order valence-corrected chi connectivity index (χ3v) is 2.00. The van der Waals surface area contributed by atoms with Gasteiger partial charge in [0.25, 0.3) is 0 Å². The van der Waals surface area contributed by atoms with Gasteiger partial charge in [-0.25, -0.2) is 0 Å². The highest BCUT2D eigenvalue weighted by Crippen LogP contribution is 2.20. The predicted octanol–water partition coefficient (Wildman–Crippen LogP) is 2.10. The molecule has 0 heterocycles. The van der Waals surface area contributed by atoms with E-state index >= 15 is 0 Å². The molecule has 0 radical (unpaired) electrons. The van der Waals surface area contributed by atoms with Gasteiger partial charge in [0.2, 0.25) is 0 Å². The fourth-order valence-electron chi connectivity index (χ4n) is 1.16. The van der Waals surface area contributed by atoms with E-state index in [1.807, 2.05) is 12.1 Å². The summed E-state index contributed by atoms with van der Waals surface area (Å²) >= 11 is 0. The molecule has 0 atom stereocenters. The average molecular weight is 180 g/mol. The van der Waals surface area contributed by atoms with E-state index in [0.29, 0.717) is 18.6 Å². The molecule has 0 fully saturated rings. The van der Waals surface area contributed by atoms with E-state index in [2.05, 4.69) is 0 Å². The molecule has 13 heavy (non-hydrogen) atoms. The SMILES string of the molecule is CC(C)(O)CCc1ccccc1O. The fraction of sp³-hybridized carbons (Fsp3) is 0.455. The van der Waals surface area contributed by atoms with Crippen LogP contribution in [-0.4, -0.2) is 15.8 Å². The average Bonchev–Trinajstić information content (AvgIpc) is 2.01. The summed E-state index contributed by atoms with van der Waals surface area (Å²) in [6.07, 6.45) is 1.36. The van der Waals surface area contributed by atoms with Gasteiger partial charge in [-0.1, -0.05) is 18.2 Å². The first-order chi connectivity index (χ1) is 5.99. The standard InChI is InChI=1S/C11H16O2/c1-11(2,13)8-7-9-5-3-4-6-10(9)12/h3-6,12-13H,7-8H2,1-2H3. The molecule has 0 aliphatic rings. The molecule has 2 N–H and O–H groups in total. The zero-order valence-electron chi connectivity index (χ0n) is 8.12. The molecule has 0 aromatic heterocycles. The van der Waals surface area contributed by atoms with Crippen molar-refractivity contribution >= 4 is 0 Å². The molecule has 0 amide bonds. The maximum absolute atomic E-state index is 9.49. The van der Waals surface area contributed by atoms with Crippen LogP contribution in [0.2, 0.25) is 0 Å². The van der Waals surface area contributed by atoms with E-state index in [4.69, 9.17) is 0 Å². The van der Waals surface area contributed by atoms with Gasteiger partial charge in [0.05, 0.1) is 5.60 Å². The number of phenols is 1. The summed E-state index contributed by atoms with van der Waals surface area (Å²) in [5.74, 6) is 0.312. The molecule has 0 bridgehead atoms. The van der Waals surface area contributed by atoms with Crippen molar-refractivity contribution in [1.29, 1.82) is 0 Å². The van der Waals surface area contributed by atoms with Gasteiger partial charge >= 0.3 is 0 Å². The lowest BCUT2D eigenvalue weighted by molar-refractivity contribution is 0.0712. The molecule has 72 valence electrons. The first kappa shape index (κ1) is 10.1. The summed E-state index contributed by atoms with van der Waals surface area (Å²) in [6.45, 7) is 3.54. The summed E-state index contributed by atoms with van der Waals surface area (Å²) in [5, 5.41) is 18.9. The first-order valence-corrected chi connectivity index (χ1v) is 4.48. The number of aliphatic hydroxyl groups is 1. The van der Waals surface area contributed by atoms with Crippen molar-refractivity contribution in [3.05, 3.63) is 29.8 Å². The van der Waals surface area contributed by atoms with Crippen LogP contribution in [0.25, 0.3) is 0 Å². The monoisotopic (exact) mass is 180 g/mol. The summed E-state index contributed by atoms with van der Waals surface area (Å²) < 4.78 is 0. The Bertz CT molecular complexity index is 274. The molecule has 2 nitrogen and oxygen atoms in total. The van der Waals surface area contributed by atoms with Crippen LogP contribution in [-0.2, 0) is 6.42 Å². The molecule has 2 heteroatoms. The first-order valence-electron chi connectivity index (χ1n) is 4.48. The Morgan fingerprint density at radius 2 is 1.85 bits per heavy atom. The molecule has 0 aliphatic heterocycles. The number of aryl methyl sites for hydroxylation is 1. The molecule has 1 aromatic rings. The van der Waals surface area contributed by atoms with Crippen molar-refractivity contribution in [1.82, 2.24) is 0 Å². The fourth-order valence-corrected chi connectivity index (χ4v) is 1.16. The van der Waals surface area contributed by atoms with E-state index in [-0.39, 0.29) is 0 Å². The van der Waals surface area contributed by atoms with Gasteiger partial charge in [0, 0.05) is 0 Å². The van der Waals surface area contributed by atoms with E-state index in [9.17, 15) is 10.2 Å². The number of benzene rings is 1. The van der Waals surface area contributed by atoms with Crippen molar-refractivity contribution in [2.75, 3.05) is 0 Å². The van der Waals surface area contributed by atoms with Crippen LogP contribution in [0.15, 0.2) is 24.3 Å². The summed E-state index contributed by atoms with van der Waals surface area (Å²) in [4.78, 5) is 0. The van der Waals surface area contributed by atoms with Crippen LogP contribution in [0.4, 0.5) is 0 Å². The zero-order chi connectivity index (χ0) is 9.90. The third kappa shape index (κ3) is 3.47. The van der Waals surface area contributed by atoms with Gasteiger partial charge < -0.3 is 10.2 Å². The largest absolute Gasteiger partial charge is 0.508 e. The van der Waals surface area contributed by atoms with Gasteiger partial charge in [0.15, 0.2) is 0 Å². The Kier molecular flexibility index (Phi) is 2.94. The highest BCUT2D eigenvalue weighted by atomic mass is 16.3. The Labute approximate surface area is 78.8 Å². The summed E-state index contributed by atoms with van der Waals surface area (Å²) in [5.41, 5.74) is 0.229. The zero-order valence-corrected chi connectivity index (χ0v) is 8.12. The van der Waals surface area contributed by atoms with E-state index in [1.165, 1.54) is 0 Å². The van der Waals surface area contributed by atoms with E-state index in [0.717, 1.165) is 5.56 Å². The molecule has 0 saturated heterocycles. The lowest BCUT2D eigenvalue weighted by atomic mass is 9.98. The normalized spacial score (nSPS) is 11.6. The second kappa shape index (κ2) is 3.79. The molecular weight excluding hydrogens is 164 g/mol. The molecule has 0 spiro atoms. The van der Waals surface area contributed by atoms with Crippen LogP contribution in [0.1, 0.15) is 25.8 Å². The highest BCUT2D eigenvalue weighted by molar-refractivity contribution is 5.31. The van der Waals surface area contributed by atoms with Crippen LogP contribution < -0.4 is 0 Å². The smallest absolute Gasteiger partial charge is 0.118 e. The van der Waals surface area contributed by atoms with Crippen LogP contribution in [0.5, 0.6) is 5.75 Å². The molecular formula is C11H16O2. The Balaban J connectivity index is 2.60. The number of phenolic OH excluding ortho intramolecular Hbond substituents is 1. The Morgan fingerprint density at radius 1 is 1.23 bits per heavy atom. The van der Waals surface area contributed by atoms with Gasteiger partial charge in [-0.05, 0) is 38.3 Å². The summed E-state index contributed by atoms with van der Waals surface area (Å²) in [7, 11) is 0. The minimum absolute atomic E-state index is 0.312. The maximum Gasteiger partial charge on any atom is 0.118 e. The second-order valence-electron chi connectivity index (χ2n) is 3.94. The minimum Gasteiger partial charge on any atom is -0.508 e. The lowest BCUT2D eigenvalue weighted by Crippen LogP contribution is -2.19. The molecule has 0 unspecified atom stereocenters. The highest BCUT2D eigenvalue weighted by Gasteiger charge is 2.12. The second-order valence-corrected chi connectivity index (χ2v) is 3.94. The van der Waals surface area contributed by atoms with Gasteiger partial charge in [-0.3, -0.25) is 0 Å². The van der Waals surface area contributed by atoms with Gasteiger partial charge in [0.1, 0.15) is 5.75 Å². The number of para-hydroxylation sites is 1. The minimum atomic E-state index is -0.664. The van der Waals surface area contributed by atoms with E-state index < -0.39 is 5.60 Å². The third-order valence-electron chi connectivity index (χ3n) is 2.00. The molecule has 0 saturated carbocycles. The van der Waals surface area contributed by atoms with Crippen LogP contribution in [0.3, 0.4) is 0 Å². The van der Waals surface area contributed by atoms with Crippen molar-refractivity contribution in [3.8, 4) is 5.75 Å². The van der Waals surface area contributed by atoms with Crippen molar-refractivity contribution in [2.45, 2.75) is 32.3 Å². The van der Waals surface area contributed by atoms with Crippen molar-refractivity contribution in [3.63, 3.8) is 0 Å². The van der Waals surface area contributed by atoms with Crippen LogP contribution >= 0.6 is 0 Å². The number of hydrogen-bond acceptors (Lipinski definition) is 2. The molecule has 1 aromatic carbocycles. The Morgan fingerprint density at radius 3 is 2.38 bits per heavy atom. The van der Waals surface area contributed by atoms with Crippen LogP contribution in [0, 0.1) is 0 Å². The number of hydrogen-bond donors (Lipinski definition) is 2. The summed E-state index contributed by atoms with van der Waals surface area (Å²) in [6, 6.07) is 7.23.